The van der Waals surface area contributed by atoms with Crippen molar-refractivity contribution in [1.29, 1.82) is 0 Å². The van der Waals surface area contributed by atoms with Crippen LogP contribution in [0.4, 0.5) is 5.69 Å². The van der Waals surface area contributed by atoms with Crippen LogP contribution in [0.15, 0.2) is 77.7 Å². The first-order chi connectivity index (χ1) is 18.0. The van der Waals surface area contributed by atoms with Crippen molar-refractivity contribution in [2.75, 3.05) is 17.4 Å². The van der Waals surface area contributed by atoms with E-state index < -0.39 is 28.5 Å². The van der Waals surface area contributed by atoms with Crippen LogP contribution in [0.2, 0.25) is 5.02 Å². The van der Waals surface area contributed by atoms with Crippen molar-refractivity contribution >= 4 is 39.1 Å². The van der Waals surface area contributed by atoms with Gasteiger partial charge in [-0.15, -0.1) is 0 Å². The molecule has 0 bridgehead atoms. The number of nitrogens with one attached hydrogen (secondary N) is 1. The Morgan fingerprint density at radius 3 is 2.21 bits per heavy atom. The van der Waals surface area contributed by atoms with Crippen molar-refractivity contribution in [1.82, 2.24) is 10.2 Å². The molecule has 1 atom stereocenters. The molecule has 0 aromatic heterocycles. The van der Waals surface area contributed by atoms with Crippen LogP contribution in [-0.4, -0.2) is 44.3 Å². The van der Waals surface area contributed by atoms with Crippen molar-refractivity contribution < 1.29 is 18.0 Å². The number of benzene rings is 3. The van der Waals surface area contributed by atoms with Gasteiger partial charge in [0.1, 0.15) is 12.6 Å². The van der Waals surface area contributed by atoms with Crippen molar-refractivity contribution in [3.63, 3.8) is 0 Å². The summed E-state index contributed by atoms with van der Waals surface area (Å²) in [5, 5.41) is 3.38. The number of rotatable bonds is 11. The lowest BCUT2D eigenvalue weighted by atomic mass is 10.1. The third-order valence-corrected chi connectivity index (χ3v) is 8.20. The van der Waals surface area contributed by atoms with Gasteiger partial charge in [0.2, 0.25) is 11.8 Å². The van der Waals surface area contributed by atoms with E-state index in [0.29, 0.717) is 17.3 Å². The third kappa shape index (κ3) is 7.36. The Bertz CT molecular complexity index is 1360. The highest BCUT2D eigenvalue weighted by atomic mass is 35.5. The predicted octanol–water partition coefficient (Wildman–Crippen LogP) is 5.10. The molecule has 1 N–H and O–H groups in total. The van der Waals surface area contributed by atoms with Crippen molar-refractivity contribution in [3.05, 3.63) is 94.5 Å². The molecule has 0 aliphatic carbocycles. The Balaban J connectivity index is 2.01. The van der Waals surface area contributed by atoms with E-state index in [4.69, 9.17) is 11.6 Å². The smallest absolute Gasteiger partial charge is 0.264 e. The zero-order chi connectivity index (χ0) is 27.9. The van der Waals surface area contributed by atoms with E-state index in [9.17, 15) is 18.0 Å². The molecule has 0 fully saturated rings. The van der Waals surface area contributed by atoms with Gasteiger partial charge in [-0.25, -0.2) is 8.42 Å². The number of hydrogen-bond donors (Lipinski definition) is 1. The number of hydrogen-bond acceptors (Lipinski definition) is 4. The van der Waals surface area contributed by atoms with Gasteiger partial charge in [0.15, 0.2) is 0 Å². The molecule has 3 aromatic carbocycles. The maximum absolute atomic E-state index is 13.8. The lowest BCUT2D eigenvalue weighted by molar-refractivity contribution is -0.139. The molecule has 3 aromatic rings. The fraction of sp³-hybridized carbons (Fsp3) is 0.310. The molecule has 0 saturated carbocycles. The van der Waals surface area contributed by atoms with Crippen LogP contribution in [0.1, 0.15) is 37.0 Å². The minimum atomic E-state index is -4.09. The second kappa shape index (κ2) is 12.9. The first-order valence-corrected chi connectivity index (χ1v) is 14.3. The number of aryl methyl sites for hydroxylation is 2. The lowest BCUT2D eigenvalue weighted by Gasteiger charge is -2.32. The van der Waals surface area contributed by atoms with Crippen molar-refractivity contribution in [3.8, 4) is 0 Å². The molecular weight excluding hydrogens is 522 g/mol. The molecule has 0 saturated heterocycles. The van der Waals surface area contributed by atoms with Gasteiger partial charge in [0, 0.05) is 18.1 Å². The minimum absolute atomic E-state index is 0.0791. The van der Waals surface area contributed by atoms with Crippen LogP contribution < -0.4 is 9.62 Å². The second-order valence-electron chi connectivity index (χ2n) is 9.28. The highest BCUT2D eigenvalue weighted by Gasteiger charge is 2.32. The van der Waals surface area contributed by atoms with Crippen molar-refractivity contribution in [2.24, 2.45) is 0 Å². The maximum Gasteiger partial charge on any atom is 0.264 e. The minimum Gasteiger partial charge on any atom is -0.354 e. The summed E-state index contributed by atoms with van der Waals surface area (Å²) in [6.45, 7) is 7.43. The molecule has 0 aliphatic heterocycles. The van der Waals surface area contributed by atoms with Gasteiger partial charge in [-0.2, -0.15) is 0 Å². The molecular formula is C29H34ClN3O4S. The number of carbonyl (C=O) groups excluding carboxylic acids is 2. The highest BCUT2D eigenvalue weighted by molar-refractivity contribution is 7.92. The number of halogens is 1. The van der Waals surface area contributed by atoms with Crippen molar-refractivity contribution in [2.45, 2.75) is 51.6 Å². The maximum atomic E-state index is 13.8. The molecule has 38 heavy (non-hydrogen) atoms. The number of carbonyl (C=O) groups is 2. The number of nitrogens with zero attached hydrogens (tertiary/aromatic N) is 2. The highest BCUT2D eigenvalue weighted by Crippen LogP contribution is 2.26. The Hall–Kier alpha value is -3.36. The third-order valence-electron chi connectivity index (χ3n) is 6.16. The molecule has 0 radical (unpaired) electrons. The molecule has 2 amide bonds. The summed E-state index contributed by atoms with van der Waals surface area (Å²) in [5.41, 5.74) is 2.91. The Kier molecular flexibility index (Phi) is 9.94. The van der Waals surface area contributed by atoms with Gasteiger partial charge in [0.05, 0.1) is 10.6 Å². The number of sulfonamides is 1. The van der Waals surface area contributed by atoms with Crippen LogP contribution in [0.25, 0.3) is 0 Å². The summed E-state index contributed by atoms with van der Waals surface area (Å²) in [6, 6.07) is 19.6. The van der Waals surface area contributed by atoms with E-state index in [2.05, 4.69) is 5.32 Å². The summed E-state index contributed by atoms with van der Waals surface area (Å²) in [5.74, 6) is -0.811. The van der Waals surface area contributed by atoms with Gasteiger partial charge in [-0.05, 0) is 74.7 Å². The normalized spacial score (nSPS) is 12.0. The Morgan fingerprint density at radius 2 is 1.61 bits per heavy atom. The summed E-state index contributed by atoms with van der Waals surface area (Å²) in [7, 11) is -4.09. The standard InChI is InChI=1S/C29H34ClN3O4S/c1-5-17-31-29(35)23(4)32(19-24-11-13-25(30)14-12-24)28(34)20-33(26-8-6-7-22(3)18-26)38(36,37)27-15-9-21(2)10-16-27/h6-16,18,23H,5,17,19-20H2,1-4H3,(H,31,35)/t23-/m0/s1. The van der Waals surface area contributed by atoms with Crippen LogP contribution in [0.3, 0.4) is 0 Å². The van der Waals surface area contributed by atoms with Crippen LogP contribution >= 0.6 is 11.6 Å². The quantitative estimate of drug-likeness (QED) is 0.357. The Labute approximate surface area is 230 Å². The zero-order valence-electron chi connectivity index (χ0n) is 22.1. The fourth-order valence-electron chi connectivity index (χ4n) is 3.91. The zero-order valence-corrected chi connectivity index (χ0v) is 23.7. The molecule has 0 unspecified atom stereocenters. The molecule has 7 nitrogen and oxygen atoms in total. The summed E-state index contributed by atoms with van der Waals surface area (Å²) >= 11 is 6.03. The lowest BCUT2D eigenvalue weighted by Crippen LogP contribution is -2.51. The predicted molar refractivity (Wildman–Crippen MR) is 152 cm³/mol. The summed E-state index contributed by atoms with van der Waals surface area (Å²) in [6.07, 6.45) is 0.750. The van der Waals surface area contributed by atoms with Gasteiger partial charge in [0.25, 0.3) is 10.0 Å². The largest absolute Gasteiger partial charge is 0.354 e. The molecule has 0 heterocycles. The topological polar surface area (TPSA) is 86.8 Å². The molecule has 3 rings (SSSR count). The summed E-state index contributed by atoms with van der Waals surface area (Å²) in [4.78, 5) is 28.2. The second-order valence-corrected chi connectivity index (χ2v) is 11.6. The Morgan fingerprint density at radius 1 is 0.947 bits per heavy atom. The molecule has 9 heteroatoms. The molecule has 0 aliphatic rings. The average Bonchev–Trinajstić information content (AvgIpc) is 2.89. The van der Waals surface area contributed by atoms with E-state index in [-0.39, 0.29) is 17.3 Å². The first-order valence-electron chi connectivity index (χ1n) is 12.5. The monoisotopic (exact) mass is 555 g/mol. The first kappa shape index (κ1) is 29.2. The van der Waals surface area contributed by atoms with E-state index in [1.54, 1.807) is 61.5 Å². The van der Waals surface area contributed by atoms with E-state index in [1.807, 2.05) is 26.8 Å². The van der Waals surface area contributed by atoms with Crippen LogP contribution in [0.5, 0.6) is 0 Å². The van der Waals surface area contributed by atoms with E-state index >= 15 is 0 Å². The fourth-order valence-corrected chi connectivity index (χ4v) is 5.45. The molecule has 0 spiro atoms. The van der Waals surface area contributed by atoms with E-state index in [1.165, 1.54) is 17.0 Å². The van der Waals surface area contributed by atoms with Gasteiger partial charge in [-0.1, -0.05) is 60.5 Å². The van der Waals surface area contributed by atoms with Gasteiger partial charge in [-0.3, -0.25) is 13.9 Å². The van der Waals surface area contributed by atoms with Crippen LogP contribution in [-0.2, 0) is 26.2 Å². The van der Waals surface area contributed by atoms with Crippen LogP contribution in [0, 0.1) is 13.8 Å². The number of anilines is 1. The van der Waals surface area contributed by atoms with Gasteiger partial charge >= 0.3 is 0 Å². The summed E-state index contributed by atoms with van der Waals surface area (Å²) < 4.78 is 28.7. The number of amides is 2. The van der Waals surface area contributed by atoms with Gasteiger partial charge < -0.3 is 10.2 Å². The SMILES string of the molecule is CCCNC(=O)[C@H](C)N(Cc1ccc(Cl)cc1)C(=O)CN(c1cccc(C)c1)S(=O)(=O)c1ccc(C)cc1. The average molecular weight is 556 g/mol. The molecule has 202 valence electrons. The van der Waals surface area contributed by atoms with E-state index in [0.717, 1.165) is 27.4 Å².